The number of amides is 1. The number of ether oxygens (including phenoxy) is 1. The first-order chi connectivity index (χ1) is 13.7. The van der Waals surface area contributed by atoms with Crippen LogP contribution in [0.4, 0.5) is 0 Å². The quantitative estimate of drug-likeness (QED) is 0.709. The number of hydrogen-bond acceptors (Lipinski definition) is 6. The van der Waals surface area contributed by atoms with Crippen LogP contribution in [-0.2, 0) is 14.3 Å². The van der Waals surface area contributed by atoms with Crippen LogP contribution in [0.5, 0.6) is 0 Å². The Hall–Kier alpha value is -3.45. The third-order valence-electron chi connectivity index (χ3n) is 5.28. The number of benzene rings is 1. The smallest absolute Gasteiger partial charge is 0.354 e. The lowest BCUT2D eigenvalue weighted by molar-refractivity contribution is -0.137. The molecular weight excluding hydrogens is 356 g/mol. The van der Waals surface area contributed by atoms with E-state index in [1.165, 1.54) is 0 Å². The van der Waals surface area contributed by atoms with E-state index in [2.05, 4.69) is 22.2 Å². The second-order valence-electron chi connectivity index (χ2n) is 6.97. The highest BCUT2D eigenvalue weighted by molar-refractivity contribution is 6.01. The van der Waals surface area contributed by atoms with Gasteiger partial charge in [-0.3, -0.25) is 9.78 Å². The summed E-state index contributed by atoms with van der Waals surface area (Å²) in [5.41, 5.74) is 10.2. The van der Waals surface area contributed by atoms with E-state index in [1.807, 2.05) is 36.4 Å². The molecule has 3 aliphatic rings. The lowest BCUT2D eigenvalue weighted by atomic mass is 9.85. The number of allylic oxidation sites excluding steroid dienone is 2. The molecule has 1 aromatic carbocycles. The molecule has 1 aliphatic carbocycles. The fourth-order valence-corrected chi connectivity index (χ4v) is 3.79. The number of hydrogen-bond donors (Lipinski definition) is 3. The first-order valence-electron chi connectivity index (χ1n) is 9.16. The molecule has 7 nitrogen and oxygen atoms in total. The van der Waals surface area contributed by atoms with Crippen molar-refractivity contribution in [3.8, 4) is 0 Å². The molecule has 0 bridgehead atoms. The average molecular weight is 374 g/mol. The summed E-state index contributed by atoms with van der Waals surface area (Å²) < 4.78 is 4.83. The summed E-state index contributed by atoms with van der Waals surface area (Å²) >= 11 is 0. The maximum absolute atomic E-state index is 12.6. The number of carbonyl (C=O) groups is 2. The van der Waals surface area contributed by atoms with E-state index < -0.39 is 5.97 Å². The van der Waals surface area contributed by atoms with E-state index in [0.717, 1.165) is 22.3 Å². The van der Waals surface area contributed by atoms with E-state index in [0.29, 0.717) is 12.0 Å². The highest BCUT2D eigenvalue weighted by atomic mass is 16.5. The van der Waals surface area contributed by atoms with Gasteiger partial charge < -0.3 is 15.5 Å². The van der Waals surface area contributed by atoms with Crippen molar-refractivity contribution < 1.29 is 14.3 Å². The van der Waals surface area contributed by atoms with Crippen LogP contribution in [0, 0.1) is 5.92 Å². The molecule has 1 saturated heterocycles. The van der Waals surface area contributed by atoms with Crippen LogP contribution in [0.1, 0.15) is 18.2 Å². The third kappa shape index (κ3) is 2.86. The number of para-hydroxylation sites is 1. The number of esters is 1. The lowest BCUT2D eigenvalue weighted by Crippen LogP contribution is -2.29. The Kier molecular flexibility index (Phi) is 3.95. The molecule has 7 heteroatoms. The molecule has 3 heterocycles. The van der Waals surface area contributed by atoms with Crippen molar-refractivity contribution in [2.24, 2.45) is 5.92 Å². The molecule has 2 unspecified atom stereocenters. The SMILES string of the molecule is O=C(NC1=CCOC1=O)C1=CC=C2NNC(c3ccc4ccccc4n3)C2C1. The Balaban J connectivity index is 1.37. The predicted octanol–water partition coefficient (Wildman–Crippen LogP) is 1.77. The molecule has 1 aromatic heterocycles. The Morgan fingerprint density at radius 2 is 2.07 bits per heavy atom. The van der Waals surface area contributed by atoms with Gasteiger partial charge in [0.1, 0.15) is 12.3 Å². The molecule has 2 atom stereocenters. The Bertz CT molecular complexity index is 1090. The zero-order valence-corrected chi connectivity index (χ0v) is 14.9. The minimum absolute atomic E-state index is 0.0528. The van der Waals surface area contributed by atoms with Gasteiger partial charge in [0.05, 0.1) is 17.3 Å². The number of rotatable bonds is 3. The van der Waals surface area contributed by atoms with Crippen LogP contribution < -0.4 is 16.2 Å². The summed E-state index contributed by atoms with van der Waals surface area (Å²) in [6.45, 7) is 0.198. The highest BCUT2D eigenvalue weighted by Crippen LogP contribution is 2.37. The van der Waals surface area contributed by atoms with E-state index in [1.54, 1.807) is 12.2 Å². The van der Waals surface area contributed by atoms with Crippen LogP contribution >= 0.6 is 0 Å². The zero-order valence-electron chi connectivity index (χ0n) is 14.9. The Labute approximate surface area is 161 Å². The van der Waals surface area contributed by atoms with E-state index in [9.17, 15) is 9.59 Å². The molecule has 3 N–H and O–H groups in total. The minimum Gasteiger partial charge on any atom is -0.457 e. The van der Waals surface area contributed by atoms with E-state index >= 15 is 0 Å². The molecule has 0 radical (unpaired) electrons. The number of aromatic nitrogens is 1. The fraction of sp³-hybridized carbons (Fsp3) is 0.190. The first kappa shape index (κ1) is 16.7. The summed E-state index contributed by atoms with van der Waals surface area (Å²) in [5, 5.41) is 3.74. The number of pyridine rings is 1. The largest absolute Gasteiger partial charge is 0.457 e. The maximum Gasteiger partial charge on any atom is 0.354 e. The lowest BCUT2D eigenvalue weighted by Gasteiger charge is -2.22. The summed E-state index contributed by atoms with van der Waals surface area (Å²) in [5.74, 6) is -0.718. The average Bonchev–Trinajstić information content (AvgIpc) is 3.33. The number of carbonyl (C=O) groups excluding carboxylic acids is 2. The molecule has 28 heavy (non-hydrogen) atoms. The monoisotopic (exact) mass is 374 g/mol. The van der Waals surface area contributed by atoms with Gasteiger partial charge >= 0.3 is 5.97 Å². The molecule has 5 rings (SSSR count). The van der Waals surface area contributed by atoms with Crippen molar-refractivity contribution >= 4 is 22.8 Å². The van der Waals surface area contributed by atoms with Crippen LogP contribution in [0.2, 0.25) is 0 Å². The third-order valence-corrected chi connectivity index (χ3v) is 5.28. The van der Waals surface area contributed by atoms with Gasteiger partial charge in [0.2, 0.25) is 0 Å². The number of hydrazine groups is 1. The predicted molar refractivity (Wildman–Crippen MR) is 102 cm³/mol. The van der Waals surface area contributed by atoms with Crippen LogP contribution in [0.15, 0.2) is 71.6 Å². The summed E-state index contributed by atoms with van der Waals surface area (Å²) in [6, 6.07) is 12.0. The summed E-state index contributed by atoms with van der Waals surface area (Å²) in [4.78, 5) is 28.9. The maximum atomic E-state index is 12.6. The van der Waals surface area contributed by atoms with Gasteiger partial charge in [0.15, 0.2) is 0 Å². The highest BCUT2D eigenvalue weighted by Gasteiger charge is 2.37. The van der Waals surface area contributed by atoms with Gasteiger partial charge in [-0.15, -0.1) is 0 Å². The summed E-state index contributed by atoms with van der Waals surface area (Å²) in [7, 11) is 0. The van der Waals surface area contributed by atoms with E-state index in [4.69, 9.17) is 9.72 Å². The normalized spacial score (nSPS) is 23.3. The number of fused-ring (bicyclic) bond motifs is 2. The molecular formula is C21H18N4O3. The summed E-state index contributed by atoms with van der Waals surface area (Å²) in [6.07, 6.45) is 5.80. The Morgan fingerprint density at radius 1 is 1.18 bits per heavy atom. The second-order valence-corrected chi connectivity index (χ2v) is 6.97. The van der Waals surface area contributed by atoms with Crippen molar-refractivity contribution in [2.75, 3.05) is 6.61 Å². The standard InChI is InChI=1S/C21H18N4O3/c26-20(23-18-9-10-28-21(18)27)13-6-7-16-14(11-13)19(25-24-16)17-8-5-12-3-1-2-4-15(12)22-17/h1-9,14,19,24-25H,10-11H2,(H,23,26). The van der Waals surface area contributed by atoms with Gasteiger partial charge in [-0.1, -0.05) is 30.3 Å². The number of cyclic esters (lactones) is 1. The molecule has 2 aromatic rings. The molecule has 0 saturated carbocycles. The van der Waals surface area contributed by atoms with Gasteiger partial charge in [-0.2, -0.15) is 0 Å². The molecule has 1 amide bonds. The van der Waals surface area contributed by atoms with Crippen molar-refractivity contribution in [2.45, 2.75) is 12.5 Å². The molecule has 0 spiro atoms. The molecule has 2 aliphatic heterocycles. The Morgan fingerprint density at radius 3 is 2.93 bits per heavy atom. The second kappa shape index (κ2) is 6.61. The topological polar surface area (TPSA) is 92.3 Å². The van der Waals surface area contributed by atoms with Crippen LogP contribution in [0.25, 0.3) is 10.9 Å². The van der Waals surface area contributed by atoms with Crippen LogP contribution in [0.3, 0.4) is 0 Å². The van der Waals surface area contributed by atoms with Gasteiger partial charge in [0, 0.05) is 22.6 Å². The van der Waals surface area contributed by atoms with Crippen molar-refractivity contribution in [1.29, 1.82) is 0 Å². The fourth-order valence-electron chi connectivity index (χ4n) is 3.79. The number of nitrogens with one attached hydrogen (secondary N) is 3. The van der Waals surface area contributed by atoms with E-state index in [-0.39, 0.29) is 30.2 Å². The van der Waals surface area contributed by atoms with Crippen molar-refractivity contribution in [3.05, 3.63) is 77.3 Å². The molecule has 1 fully saturated rings. The zero-order chi connectivity index (χ0) is 19.1. The van der Waals surface area contributed by atoms with Crippen LogP contribution in [-0.4, -0.2) is 23.5 Å². The van der Waals surface area contributed by atoms with Gasteiger partial charge in [-0.05, 0) is 30.7 Å². The van der Waals surface area contributed by atoms with Crippen molar-refractivity contribution in [1.82, 2.24) is 21.2 Å². The molecule has 140 valence electrons. The minimum atomic E-state index is -0.497. The number of nitrogens with zero attached hydrogens (tertiary/aromatic N) is 1. The van der Waals surface area contributed by atoms with Gasteiger partial charge in [-0.25, -0.2) is 10.2 Å². The van der Waals surface area contributed by atoms with Gasteiger partial charge in [0.25, 0.3) is 5.91 Å². The van der Waals surface area contributed by atoms with Crippen molar-refractivity contribution in [3.63, 3.8) is 0 Å². The first-order valence-corrected chi connectivity index (χ1v) is 9.16.